The Bertz CT molecular complexity index is 1150. The van der Waals surface area contributed by atoms with Crippen LogP contribution >= 0.6 is 0 Å². The van der Waals surface area contributed by atoms with Crippen molar-refractivity contribution in [3.63, 3.8) is 0 Å². The fraction of sp³-hybridized carbons (Fsp3) is 0.621. The Morgan fingerprint density at radius 2 is 1.86 bits per heavy atom. The minimum absolute atomic E-state index is 0.0338. The van der Waals surface area contributed by atoms with E-state index in [-0.39, 0.29) is 24.0 Å². The molecule has 2 aliphatic heterocycles. The summed E-state index contributed by atoms with van der Waals surface area (Å²) in [5, 5.41) is 42.2. The van der Waals surface area contributed by atoms with Crippen LogP contribution in [-0.2, 0) is 11.3 Å². The van der Waals surface area contributed by atoms with Gasteiger partial charge < -0.3 is 25.0 Å². The van der Waals surface area contributed by atoms with E-state index in [4.69, 9.17) is 4.74 Å². The van der Waals surface area contributed by atoms with E-state index >= 15 is 0 Å². The van der Waals surface area contributed by atoms with Crippen molar-refractivity contribution < 1.29 is 20.1 Å². The molecule has 3 aliphatic carbocycles. The van der Waals surface area contributed by atoms with Crippen molar-refractivity contribution in [3.8, 4) is 6.07 Å². The zero-order valence-corrected chi connectivity index (χ0v) is 20.9. The third-order valence-corrected chi connectivity index (χ3v) is 10.4. The van der Waals surface area contributed by atoms with E-state index in [1.807, 2.05) is 37.2 Å². The molecule has 3 fully saturated rings. The van der Waals surface area contributed by atoms with Crippen LogP contribution in [0.2, 0.25) is 0 Å². The molecule has 0 radical (unpaired) electrons. The predicted molar refractivity (Wildman–Crippen MR) is 132 cm³/mol. The molecule has 6 heteroatoms. The first-order valence-electron chi connectivity index (χ1n) is 12.9. The van der Waals surface area contributed by atoms with Gasteiger partial charge >= 0.3 is 0 Å². The molecule has 8 atom stereocenters. The Morgan fingerprint density at radius 3 is 2.51 bits per heavy atom. The highest BCUT2D eigenvalue weighted by Gasteiger charge is 2.74. The molecule has 186 valence electrons. The van der Waals surface area contributed by atoms with Crippen molar-refractivity contribution in [1.29, 1.82) is 5.26 Å². The van der Waals surface area contributed by atoms with Crippen molar-refractivity contribution in [3.05, 3.63) is 53.1 Å². The standard InChI is InChI=1S/C29H36N2O4/c1-26-10-11-27(17-30)14-21-24(33)25(34)22(31(2)3)15-28(21)12-13-29(27,35-28)23(26)9-8-20(26)19-6-4-18(16-32)5-7-19/h4-8,14,22-25,32-34H,9-13,15-16H2,1-3H3. The monoisotopic (exact) mass is 476 g/mol. The Kier molecular flexibility index (Phi) is 5.01. The Hall–Kier alpha value is -2.01. The smallest absolute Gasteiger partial charge is 0.105 e. The van der Waals surface area contributed by atoms with Crippen LogP contribution < -0.4 is 0 Å². The Morgan fingerprint density at radius 1 is 1.11 bits per heavy atom. The molecule has 5 aliphatic rings. The first-order valence-corrected chi connectivity index (χ1v) is 12.9. The lowest BCUT2D eigenvalue weighted by atomic mass is 9.49. The molecule has 6 nitrogen and oxygen atoms in total. The summed E-state index contributed by atoms with van der Waals surface area (Å²) in [4.78, 5) is 1.98. The van der Waals surface area contributed by atoms with Gasteiger partial charge in [-0.1, -0.05) is 43.3 Å². The first kappa shape index (κ1) is 23.4. The lowest BCUT2D eigenvalue weighted by Gasteiger charge is -2.61. The van der Waals surface area contributed by atoms with Gasteiger partial charge in [-0.15, -0.1) is 0 Å². The van der Waals surface area contributed by atoms with Crippen LogP contribution in [0.5, 0.6) is 0 Å². The molecule has 2 bridgehead atoms. The maximum atomic E-state index is 11.2. The number of fused-ring (bicyclic) bond motifs is 1. The second-order valence-electron chi connectivity index (χ2n) is 12.0. The molecule has 2 heterocycles. The lowest BCUT2D eigenvalue weighted by molar-refractivity contribution is -0.223. The average Bonchev–Trinajstić information content (AvgIpc) is 3.38. The van der Waals surface area contributed by atoms with Crippen LogP contribution in [0.15, 0.2) is 42.0 Å². The summed E-state index contributed by atoms with van der Waals surface area (Å²) >= 11 is 0. The van der Waals surface area contributed by atoms with E-state index in [0.717, 1.165) is 36.8 Å². The summed E-state index contributed by atoms with van der Waals surface area (Å²) in [5.74, 6) is 0.162. The average molecular weight is 477 g/mol. The minimum Gasteiger partial charge on any atom is -0.392 e. The quantitative estimate of drug-likeness (QED) is 0.580. The summed E-state index contributed by atoms with van der Waals surface area (Å²) in [6.07, 6.45) is 7.03. The molecule has 3 N–H and O–H groups in total. The number of hydrogen-bond acceptors (Lipinski definition) is 6. The van der Waals surface area contributed by atoms with E-state index in [1.165, 1.54) is 11.1 Å². The second-order valence-corrected chi connectivity index (χ2v) is 12.0. The predicted octanol–water partition coefficient (Wildman–Crippen LogP) is 3.18. The molecule has 0 aromatic heterocycles. The number of nitriles is 1. The summed E-state index contributed by atoms with van der Waals surface area (Å²) in [6, 6.07) is 10.7. The van der Waals surface area contributed by atoms with E-state index in [9.17, 15) is 20.6 Å². The molecule has 6 rings (SSSR count). The topological polar surface area (TPSA) is 97.0 Å². The number of allylic oxidation sites excluding steroid dienone is 2. The highest BCUT2D eigenvalue weighted by Crippen LogP contribution is 2.72. The van der Waals surface area contributed by atoms with Crippen LogP contribution in [-0.4, -0.2) is 63.8 Å². The molecule has 1 saturated heterocycles. The highest BCUT2D eigenvalue weighted by atomic mass is 16.5. The summed E-state index contributed by atoms with van der Waals surface area (Å²) in [7, 11) is 3.87. The van der Waals surface area contributed by atoms with Gasteiger partial charge in [-0.05, 0) is 80.3 Å². The Balaban J connectivity index is 1.43. The number of ether oxygens (including phenoxy) is 1. The molecular formula is C29H36N2O4. The zero-order chi connectivity index (χ0) is 24.8. The van der Waals surface area contributed by atoms with Gasteiger partial charge in [0.2, 0.25) is 0 Å². The minimum atomic E-state index is -1.02. The number of rotatable bonds is 3. The summed E-state index contributed by atoms with van der Waals surface area (Å²) in [5.41, 5.74) is 1.96. The van der Waals surface area contributed by atoms with Crippen molar-refractivity contribution in [2.75, 3.05) is 14.1 Å². The van der Waals surface area contributed by atoms with E-state index < -0.39 is 28.8 Å². The molecule has 8 unspecified atom stereocenters. The Labute approximate surface area is 207 Å². The normalized spacial score (nSPS) is 45.8. The molecule has 0 amide bonds. The summed E-state index contributed by atoms with van der Waals surface area (Å²) in [6.45, 7) is 2.37. The van der Waals surface area contributed by atoms with Crippen LogP contribution in [0.1, 0.15) is 56.6 Å². The highest BCUT2D eigenvalue weighted by molar-refractivity contribution is 5.74. The molecule has 1 aromatic rings. The van der Waals surface area contributed by atoms with Crippen molar-refractivity contribution in [2.45, 2.75) is 81.5 Å². The summed E-state index contributed by atoms with van der Waals surface area (Å²) < 4.78 is 7.22. The number of aliphatic hydroxyl groups is 3. The van der Waals surface area contributed by atoms with Gasteiger partial charge in [-0.25, -0.2) is 0 Å². The van der Waals surface area contributed by atoms with E-state index in [1.54, 1.807) is 0 Å². The fourth-order valence-electron chi connectivity index (χ4n) is 8.48. The van der Waals surface area contributed by atoms with Gasteiger partial charge in [-0.2, -0.15) is 5.26 Å². The number of likely N-dealkylation sites (N-methyl/N-ethyl adjacent to an activating group) is 1. The number of hydrogen-bond donors (Lipinski definition) is 3. The van der Waals surface area contributed by atoms with E-state index in [0.29, 0.717) is 12.8 Å². The maximum Gasteiger partial charge on any atom is 0.105 e. The van der Waals surface area contributed by atoms with Crippen LogP contribution in [0.25, 0.3) is 5.57 Å². The van der Waals surface area contributed by atoms with Gasteiger partial charge in [0, 0.05) is 12.0 Å². The molecule has 35 heavy (non-hydrogen) atoms. The molecule has 2 spiro atoms. The SMILES string of the molecule is CN(C)C1CC23CCC4(O2)C2CC=C(c5ccc(CO)cc5)C2(C)CCC4(C#N)C=C3C(O)C1O. The zero-order valence-electron chi connectivity index (χ0n) is 20.9. The van der Waals surface area contributed by atoms with Crippen LogP contribution in [0.4, 0.5) is 0 Å². The maximum absolute atomic E-state index is 11.2. The molecule has 1 aromatic carbocycles. The number of aliphatic hydroxyl groups excluding tert-OH is 3. The largest absolute Gasteiger partial charge is 0.392 e. The third-order valence-electron chi connectivity index (χ3n) is 10.4. The van der Waals surface area contributed by atoms with Crippen molar-refractivity contribution in [2.24, 2.45) is 16.7 Å². The number of benzene rings is 1. The van der Waals surface area contributed by atoms with Gasteiger partial charge in [0.1, 0.15) is 11.5 Å². The van der Waals surface area contributed by atoms with E-state index in [2.05, 4.69) is 31.2 Å². The van der Waals surface area contributed by atoms with Crippen molar-refractivity contribution in [1.82, 2.24) is 4.90 Å². The number of nitrogens with zero attached hydrogens (tertiary/aromatic N) is 2. The van der Waals surface area contributed by atoms with Gasteiger partial charge in [-0.3, -0.25) is 0 Å². The van der Waals surface area contributed by atoms with Gasteiger partial charge in [0.05, 0.1) is 30.0 Å². The van der Waals surface area contributed by atoms with Gasteiger partial charge in [0.25, 0.3) is 0 Å². The van der Waals surface area contributed by atoms with Crippen LogP contribution in [0.3, 0.4) is 0 Å². The fourth-order valence-corrected chi connectivity index (χ4v) is 8.48. The second kappa shape index (κ2) is 7.50. The molecule has 2 saturated carbocycles. The third kappa shape index (κ3) is 2.82. The van der Waals surface area contributed by atoms with Crippen LogP contribution in [0, 0.1) is 28.1 Å². The van der Waals surface area contributed by atoms with Crippen molar-refractivity contribution >= 4 is 5.57 Å². The molecular weight excluding hydrogens is 440 g/mol. The van der Waals surface area contributed by atoms with Gasteiger partial charge in [0.15, 0.2) is 0 Å². The lowest BCUT2D eigenvalue weighted by Crippen LogP contribution is -2.66. The first-order chi connectivity index (χ1) is 16.7.